The third kappa shape index (κ3) is 5.69. The van der Waals surface area contributed by atoms with Gasteiger partial charge in [0.1, 0.15) is 0 Å². The Morgan fingerprint density at radius 3 is 2.37 bits per heavy atom. The van der Waals surface area contributed by atoms with Gasteiger partial charge in [0.2, 0.25) is 10.0 Å². The summed E-state index contributed by atoms with van der Waals surface area (Å²) in [4.78, 5) is 0.275. The van der Waals surface area contributed by atoms with Crippen LogP contribution in [0.15, 0.2) is 29.2 Å². The quantitative estimate of drug-likeness (QED) is 0.703. The summed E-state index contributed by atoms with van der Waals surface area (Å²) < 4.78 is 31.1. The first-order valence-corrected chi connectivity index (χ1v) is 7.75. The first-order chi connectivity index (χ1) is 8.95. The standard InChI is InChI=1S/C13H22N2O3S/c1-11(2)14-10-12-4-6-13(7-5-12)19(16,17)15-8-9-18-3/h4-7,11,14-15H,8-10H2,1-3H3. The second kappa shape index (κ2) is 7.59. The molecule has 0 aliphatic carbocycles. The van der Waals surface area contributed by atoms with Crippen LogP contribution in [-0.4, -0.2) is 34.7 Å². The van der Waals surface area contributed by atoms with E-state index < -0.39 is 10.0 Å². The number of rotatable bonds is 8. The molecule has 1 rings (SSSR count). The molecule has 0 aliphatic heterocycles. The number of ether oxygens (including phenoxy) is 1. The highest BCUT2D eigenvalue weighted by Crippen LogP contribution is 2.10. The topological polar surface area (TPSA) is 67.4 Å². The Morgan fingerprint density at radius 2 is 1.84 bits per heavy atom. The lowest BCUT2D eigenvalue weighted by molar-refractivity contribution is 0.204. The van der Waals surface area contributed by atoms with Crippen molar-refractivity contribution in [3.63, 3.8) is 0 Å². The number of benzene rings is 1. The molecule has 0 spiro atoms. The molecule has 5 nitrogen and oxygen atoms in total. The number of sulfonamides is 1. The SMILES string of the molecule is COCCNS(=O)(=O)c1ccc(CNC(C)C)cc1. The molecule has 6 heteroatoms. The van der Waals surface area contributed by atoms with E-state index in [1.54, 1.807) is 12.1 Å². The molecule has 1 aromatic rings. The minimum Gasteiger partial charge on any atom is -0.383 e. The van der Waals surface area contributed by atoms with Gasteiger partial charge in [-0.15, -0.1) is 0 Å². The average Bonchev–Trinajstić information content (AvgIpc) is 2.37. The van der Waals surface area contributed by atoms with Gasteiger partial charge >= 0.3 is 0 Å². The fraction of sp³-hybridized carbons (Fsp3) is 0.538. The van der Waals surface area contributed by atoms with Gasteiger partial charge in [0, 0.05) is 26.2 Å². The highest BCUT2D eigenvalue weighted by Gasteiger charge is 2.12. The normalized spacial score (nSPS) is 12.0. The van der Waals surface area contributed by atoms with E-state index in [0.717, 1.165) is 12.1 Å². The Hall–Kier alpha value is -0.950. The van der Waals surface area contributed by atoms with Crippen molar-refractivity contribution >= 4 is 10.0 Å². The van der Waals surface area contributed by atoms with Crippen LogP contribution in [0.1, 0.15) is 19.4 Å². The van der Waals surface area contributed by atoms with Crippen LogP contribution in [-0.2, 0) is 21.3 Å². The Bertz CT molecular complexity index is 469. The summed E-state index contributed by atoms with van der Waals surface area (Å²) >= 11 is 0. The molecule has 0 fully saturated rings. The molecule has 2 N–H and O–H groups in total. The summed E-state index contributed by atoms with van der Waals surface area (Å²) in [6.07, 6.45) is 0. The molecule has 0 saturated heterocycles. The smallest absolute Gasteiger partial charge is 0.240 e. The summed E-state index contributed by atoms with van der Waals surface area (Å²) in [5.41, 5.74) is 1.06. The van der Waals surface area contributed by atoms with Gasteiger partial charge in [0.25, 0.3) is 0 Å². The van der Waals surface area contributed by atoms with Gasteiger partial charge in [-0.3, -0.25) is 0 Å². The van der Waals surface area contributed by atoms with Crippen LogP contribution in [0.4, 0.5) is 0 Å². The highest BCUT2D eigenvalue weighted by atomic mass is 32.2. The van der Waals surface area contributed by atoms with Gasteiger partial charge in [-0.1, -0.05) is 26.0 Å². The molecular formula is C13H22N2O3S. The summed E-state index contributed by atoms with van der Waals surface area (Å²) in [7, 11) is -1.90. The molecule has 0 radical (unpaired) electrons. The zero-order chi connectivity index (χ0) is 14.3. The number of hydrogen-bond acceptors (Lipinski definition) is 4. The molecule has 0 aliphatic rings. The zero-order valence-electron chi connectivity index (χ0n) is 11.6. The molecule has 0 unspecified atom stereocenters. The minimum atomic E-state index is -3.43. The Kier molecular flexibility index (Phi) is 6.44. The van der Waals surface area contributed by atoms with Crippen LogP contribution in [0.2, 0.25) is 0 Å². The Labute approximate surface area is 115 Å². The molecule has 0 bridgehead atoms. The van der Waals surface area contributed by atoms with E-state index in [9.17, 15) is 8.42 Å². The molecular weight excluding hydrogens is 264 g/mol. The van der Waals surface area contributed by atoms with Crippen LogP contribution in [0.3, 0.4) is 0 Å². The van der Waals surface area contributed by atoms with Crippen molar-refractivity contribution in [3.8, 4) is 0 Å². The lowest BCUT2D eigenvalue weighted by atomic mass is 10.2. The van der Waals surface area contributed by atoms with Gasteiger partial charge in [-0.2, -0.15) is 0 Å². The maximum atomic E-state index is 11.9. The zero-order valence-corrected chi connectivity index (χ0v) is 12.5. The van der Waals surface area contributed by atoms with Crippen molar-refractivity contribution in [2.24, 2.45) is 0 Å². The van der Waals surface area contributed by atoms with Gasteiger partial charge in [-0.25, -0.2) is 13.1 Å². The van der Waals surface area contributed by atoms with E-state index >= 15 is 0 Å². The summed E-state index contributed by atoms with van der Waals surface area (Å²) in [5, 5.41) is 3.28. The lowest BCUT2D eigenvalue weighted by Gasteiger charge is -2.09. The summed E-state index contributed by atoms with van der Waals surface area (Å²) in [6, 6.07) is 7.28. The third-order valence-corrected chi connectivity index (χ3v) is 4.02. The van der Waals surface area contributed by atoms with E-state index in [2.05, 4.69) is 23.9 Å². The lowest BCUT2D eigenvalue weighted by Crippen LogP contribution is -2.27. The largest absolute Gasteiger partial charge is 0.383 e. The molecule has 0 amide bonds. The van der Waals surface area contributed by atoms with Crippen LogP contribution in [0.25, 0.3) is 0 Å². The van der Waals surface area contributed by atoms with Crippen LogP contribution in [0, 0.1) is 0 Å². The van der Waals surface area contributed by atoms with Crippen molar-refractivity contribution in [1.29, 1.82) is 0 Å². The van der Waals surface area contributed by atoms with Gasteiger partial charge in [0.05, 0.1) is 11.5 Å². The molecule has 0 atom stereocenters. The van der Waals surface area contributed by atoms with Crippen molar-refractivity contribution in [1.82, 2.24) is 10.0 Å². The summed E-state index contributed by atoms with van der Waals surface area (Å²) in [6.45, 7) is 5.50. The first-order valence-electron chi connectivity index (χ1n) is 6.26. The van der Waals surface area contributed by atoms with E-state index in [-0.39, 0.29) is 11.4 Å². The van der Waals surface area contributed by atoms with E-state index in [1.165, 1.54) is 7.11 Å². The maximum Gasteiger partial charge on any atom is 0.240 e. The third-order valence-electron chi connectivity index (χ3n) is 2.55. The van der Waals surface area contributed by atoms with Crippen molar-refractivity contribution in [2.45, 2.75) is 31.3 Å². The van der Waals surface area contributed by atoms with E-state index in [0.29, 0.717) is 12.6 Å². The predicted molar refractivity (Wildman–Crippen MR) is 75.5 cm³/mol. The predicted octanol–water partition coefficient (Wildman–Crippen LogP) is 1.11. The van der Waals surface area contributed by atoms with E-state index in [1.807, 2.05) is 12.1 Å². The van der Waals surface area contributed by atoms with Crippen LogP contribution >= 0.6 is 0 Å². The van der Waals surface area contributed by atoms with Gasteiger partial charge in [-0.05, 0) is 17.7 Å². The van der Waals surface area contributed by atoms with Crippen LogP contribution in [0.5, 0.6) is 0 Å². The first kappa shape index (κ1) is 16.1. The second-order valence-corrected chi connectivity index (χ2v) is 6.34. The molecule has 0 aromatic heterocycles. The van der Waals surface area contributed by atoms with Crippen molar-refractivity contribution < 1.29 is 13.2 Å². The minimum absolute atomic E-state index is 0.273. The summed E-state index contributed by atoms with van der Waals surface area (Å²) in [5.74, 6) is 0. The van der Waals surface area contributed by atoms with Gasteiger partial charge < -0.3 is 10.1 Å². The van der Waals surface area contributed by atoms with Gasteiger partial charge in [0.15, 0.2) is 0 Å². The molecule has 19 heavy (non-hydrogen) atoms. The maximum absolute atomic E-state index is 11.9. The van der Waals surface area contributed by atoms with Crippen molar-refractivity contribution in [3.05, 3.63) is 29.8 Å². The average molecular weight is 286 g/mol. The Balaban J connectivity index is 2.64. The fourth-order valence-corrected chi connectivity index (χ4v) is 2.48. The molecule has 0 heterocycles. The van der Waals surface area contributed by atoms with Crippen LogP contribution < -0.4 is 10.0 Å². The monoisotopic (exact) mass is 286 g/mol. The second-order valence-electron chi connectivity index (χ2n) is 4.57. The molecule has 0 saturated carbocycles. The Morgan fingerprint density at radius 1 is 1.21 bits per heavy atom. The van der Waals surface area contributed by atoms with E-state index in [4.69, 9.17) is 4.74 Å². The molecule has 1 aromatic carbocycles. The van der Waals surface area contributed by atoms with Crippen molar-refractivity contribution in [2.75, 3.05) is 20.3 Å². The number of nitrogens with one attached hydrogen (secondary N) is 2. The molecule has 108 valence electrons. The number of hydrogen-bond donors (Lipinski definition) is 2. The highest BCUT2D eigenvalue weighted by molar-refractivity contribution is 7.89. The fourth-order valence-electron chi connectivity index (χ4n) is 1.47. The number of methoxy groups -OCH3 is 1.